The standard InChI is InChI=1S/C24H20N2O5S/c1-29-19-9-7-17(8-10-19)21-15-32-24(25-21)26-22(27)13-31-23(28)14-30-20-11-6-16-4-2-3-5-18(16)12-20/h2-12,15H,13-14H2,1H3,(H,25,26,27). The number of nitrogens with one attached hydrogen (secondary N) is 1. The molecule has 4 aromatic rings. The monoisotopic (exact) mass is 448 g/mol. The molecule has 0 saturated heterocycles. The molecule has 0 unspecified atom stereocenters. The van der Waals surface area contributed by atoms with E-state index in [9.17, 15) is 9.59 Å². The lowest BCUT2D eigenvalue weighted by Gasteiger charge is -2.08. The van der Waals surface area contributed by atoms with E-state index in [4.69, 9.17) is 14.2 Å². The van der Waals surface area contributed by atoms with E-state index in [1.165, 1.54) is 11.3 Å². The van der Waals surface area contributed by atoms with Gasteiger partial charge in [-0.05, 0) is 47.2 Å². The SMILES string of the molecule is COc1ccc(-c2csc(NC(=O)COC(=O)COc3ccc4ccccc4c3)n2)cc1. The van der Waals surface area contributed by atoms with Gasteiger partial charge in [0, 0.05) is 10.9 Å². The third-order valence-electron chi connectivity index (χ3n) is 4.58. The smallest absolute Gasteiger partial charge is 0.344 e. The molecule has 1 aromatic heterocycles. The zero-order chi connectivity index (χ0) is 22.3. The van der Waals surface area contributed by atoms with Crippen LogP contribution in [0.5, 0.6) is 11.5 Å². The van der Waals surface area contributed by atoms with Crippen LogP contribution in [0.25, 0.3) is 22.0 Å². The van der Waals surface area contributed by atoms with Gasteiger partial charge in [-0.15, -0.1) is 11.3 Å². The Morgan fingerprint density at radius 2 is 1.69 bits per heavy atom. The first kappa shape index (κ1) is 21.3. The molecule has 0 saturated carbocycles. The van der Waals surface area contributed by atoms with E-state index in [2.05, 4.69) is 10.3 Å². The Morgan fingerprint density at radius 1 is 0.938 bits per heavy atom. The van der Waals surface area contributed by atoms with Gasteiger partial charge in [-0.2, -0.15) is 0 Å². The summed E-state index contributed by atoms with van der Waals surface area (Å²) >= 11 is 1.29. The van der Waals surface area contributed by atoms with Gasteiger partial charge in [0.1, 0.15) is 11.5 Å². The maximum atomic E-state index is 12.1. The number of amides is 1. The fraction of sp³-hybridized carbons (Fsp3) is 0.125. The second-order valence-corrected chi connectivity index (χ2v) is 7.63. The fourth-order valence-electron chi connectivity index (χ4n) is 2.97. The van der Waals surface area contributed by atoms with Gasteiger partial charge in [0.05, 0.1) is 12.8 Å². The number of nitrogens with zero attached hydrogens (tertiary/aromatic N) is 1. The molecule has 0 bridgehead atoms. The Hall–Kier alpha value is -3.91. The first-order valence-electron chi connectivity index (χ1n) is 9.78. The number of fused-ring (bicyclic) bond motifs is 1. The number of thiazole rings is 1. The number of hydrogen-bond donors (Lipinski definition) is 1. The summed E-state index contributed by atoms with van der Waals surface area (Å²) < 4.78 is 15.6. The van der Waals surface area contributed by atoms with Crippen LogP contribution in [0.15, 0.2) is 72.1 Å². The van der Waals surface area contributed by atoms with Gasteiger partial charge >= 0.3 is 5.97 Å². The highest BCUT2D eigenvalue weighted by atomic mass is 32.1. The molecule has 32 heavy (non-hydrogen) atoms. The predicted molar refractivity (Wildman–Crippen MR) is 123 cm³/mol. The zero-order valence-corrected chi connectivity index (χ0v) is 18.1. The van der Waals surface area contributed by atoms with Crippen LogP contribution in [0.3, 0.4) is 0 Å². The molecule has 0 fully saturated rings. The molecule has 162 valence electrons. The molecule has 7 nitrogen and oxygen atoms in total. The maximum Gasteiger partial charge on any atom is 0.344 e. The molecule has 0 spiro atoms. The number of hydrogen-bond acceptors (Lipinski definition) is 7. The Labute approximate surface area is 188 Å². The van der Waals surface area contributed by atoms with E-state index < -0.39 is 18.5 Å². The highest BCUT2D eigenvalue weighted by Crippen LogP contribution is 2.26. The highest BCUT2D eigenvalue weighted by molar-refractivity contribution is 7.14. The molecule has 0 radical (unpaired) electrons. The van der Waals surface area contributed by atoms with Crippen LogP contribution in [-0.2, 0) is 14.3 Å². The highest BCUT2D eigenvalue weighted by Gasteiger charge is 2.12. The van der Waals surface area contributed by atoms with Crippen LogP contribution in [0.4, 0.5) is 5.13 Å². The average Bonchev–Trinajstić information content (AvgIpc) is 3.29. The maximum absolute atomic E-state index is 12.1. The number of rotatable bonds is 8. The molecule has 4 rings (SSSR count). The Balaban J connectivity index is 1.23. The normalized spacial score (nSPS) is 10.5. The fourth-order valence-corrected chi connectivity index (χ4v) is 3.70. The van der Waals surface area contributed by atoms with Gasteiger partial charge < -0.3 is 14.2 Å². The Bertz CT molecular complexity index is 1240. The van der Waals surface area contributed by atoms with Crippen LogP contribution < -0.4 is 14.8 Å². The number of ether oxygens (including phenoxy) is 3. The summed E-state index contributed by atoms with van der Waals surface area (Å²) in [5.74, 6) is 0.203. The Kier molecular flexibility index (Phi) is 6.62. The molecule has 0 aliphatic carbocycles. The first-order chi connectivity index (χ1) is 15.6. The number of carbonyl (C=O) groups excluding carboxylic acids is 2. The summed E-state index contributed by atoms with van der Waals surface area (Å²) in [4.78, 5) is 28.4. The minimum atomic E-state index is -0.633. The Morgan fingerprint density at radius 3 is 2.47 bits per heavy atom. The summed E-state index contributed by atoms with van der Waals surface area (Å²) in [5.41, 5.74) is 1.63. The molecule has 0 atom stereocenters. The number of benzene rings is 3. The van der Waals surface area contributed by atoms with Crippen molar-refractivity contribution >= 4 is 39.1 Å². The van der Waals surface area contributed by atoms with Crippen molar-refractivity contribution in [2.24, 2.45) is 0 Å². The molecule has 3 aromatic carbocycles. The largest absolute Gasteiger partial charge is 0.497 e. The van der Waals surface area contributed by atoms with E-state index in [0.29, 0.717) is 10.9 Å². The number of carbonyl (C=O) groups is 2. The van der Waals surface area contributed by atoms with Crippen molar-refractivity contribution in [1.29, 1.82) is 0 Å². The second-order valence-electron chi connectivity index (χ2n) is 6.77. The van der Waals surface area contributed by atoms with Crippen LogP contribution in [0.2, 0.25) is 0 Å². The lowest BCUT2D eigenvalue weighted by atomic mass is 10.1. The molecule has 1 amide bonds. The van der Waals surface area contributed by atoms with Crippen molar-refractivity contribution < 1.29 is 23.8 Å². The quantitative estimate of drug-likeness (QED) is 0.399. The predicted octanol–water partition coefficient (Wildman–Crippen LogP) is 4.53. The van der Waals surface area contributed by atoms with E-state index >= 15 is 0 Å². The van der Waals surface area contributed by atoms with E-state index in [0.717, 1.165) is 27.8 Å². The zero-order valence-electron chi connectivity index (χ0n) is 17.2. The summed E-state index contributed by atoms with van der Waals surface area (Å²) in [6.45, 7) is -0.706. The van der Waals surface area contributed by atoms with Gasteiger partial charge in [-0.25, -0.2) is 9.78 Å². The number of aromatic nitrogens is 1. The van der Waals surface area contributed by atoms with Crippen molar-refractivity contribution in [1.82, 2.24) is 4.98 Å². The number of esters is 1. The second kappa shape index (κ2) is 9.93. The van der Waals surface area contributed by atoms with Gasteiger partial charge in [0.25, 0.3) is 5.91 Å². The lowest BCUT2D eigenvalue weighted by molar-refractivity contribution is -0.149. The van der Waals surface area contributed by atoms with Crippen molar-refractivity contribution in [2.75, 3.05) is 25.6 Å². The average molecular weight is 449 g/mol. The van der Waals surface area contributed by atoms with E-state index in [-0.39, 0.29) is 6.61 Å². The number of anilines is 1. The molecular weight excluding hydrogens is 428 g/mol. The molecule has 0 aliphatic heterocycles. The van der Waals surface area contributed by atoms with Crippen LogP contribution in [0, 0.1) is 0 Å². The van der Waals surface area contributed by atoms with Gasteiger partial charge in [-0.1, -0.05) is 30.3 Å². The van der Waals surface area contributed by atoms with Crippen molar-refractivity contribution in [3.8, 4) is 22.8 Å². The lowest BCUT2D eigenvalue weighted by Crippen LogP contribution is -2.23. The summed E-state index contributed by atoms with van der Waals surface area (Å²) in [6.07, 6.45) is 0. The molecular formula is C24H20N2O5S. The number of methoxy groups -OCH3 is 1. The van der Waals surface area contributed by atoms with E-state index in [1.807, 2.05) is 66.0 Å². The minimum absolute atomic E-state index is 0.287. The van der Waals surface area contributed by atoms with Crippen LogP contribution in [0.1, 0.15) is 0 Å². The molecule has 8 heteroatoms. The van der Waals surface area contributed by atoms with Crippen LogP contribution >= 0.6 is 11.3 Å². The van der Waals surface area contributed by atoms with Gasteiger partial charge in [0.2, 0.25) is 0 Å². The van der Waals surface area contributed by atoms with Crippen molar-refractivity contribution in [3.63, 3.8) is 0 Å². The van der Waals surface area contributed by atoms with Crippen molar-refractivity contribution in [2.45, 2.75) is 0 Å². The molecule has 1 heterocycles. The first-order valence-corrected chi connectivity index (χ1v) is 10.7. The molecule has 1 N–H and O–H groups in total. The molecule has 0 aliphatic rings. The van der Waals surface area contributed by atoms with Crippen LogP contribution in [-0.4, -0.2) is 37.2 Å². The van der Waals surface area contributed by atoms with Crippen molar-refractivity contribution in [3.05, 3.63) is 72.1 Å². The summed E-state index contributed by atoms with van der Waals surface area (Å²) in [5, 5.41) is 6.97. The van der Waals surface area contributed by atoms with Gasteiger partial charge in [0.15, 0.2) is 18.3 Å². The summed E-state index contributed by atoms with van der Waals surface area (Å²) in [7, 11) is 1.61. The van der Waals surface area contributed by atoms with E-state index in [1.54, 1.807) is 13.2 Å². The minimum Gasteiger partial charge on any atom is -0.497 e. The topological polar surface area (TPSA) is 86.8 Å². The summed E-state index contributed by atoms with van der Waals surface area (Å²) in [6, 6.07) is 20.8. The van der Waals surface area contributed by atoms with Gasteiger partial charge in [-0.3, -0.25) is 10.1 Å². The third kappa shape index (κ3) is 5.41. The third-order valence-corrected chi connectivity index (χ3v) is 5.34.